The molecule has 0 spiro atoms. The van der Waals surface area contributed by atoms with Crippen molar-refractivity contribution in [3.8, 4) is 0 Å². The first-order valence-corrected chi connectivity index (χ1v) is 13.1. The minimum atomic E-state index is -1.78. The maximum absolute atomic E-state index is 12.9. The summed E-state index contributed by atoms with van der Waals surface area (Å²) >= 11 is 0. The molecule has 0 aromatic rings. The van der Waals surface area contributed by atoms with Crippen LogP contribution in [-0.2, 0) is 23.9 Å². The van der Waals surface area contributed by atoms with Gasteiger partial charge in [-0.2, -0.15) is 0 Å². The third-order valence-corrected chi connectivity index (χ3v) is 6.37. The molecule has 0 aromatic carbocycles. The van der Waals surface area contributed by atoms with Crippen LogP contribution >= 0.6 is 0 Å². The van der Waals surface area contributed by atoms with Crippen molar-refractivity contribution in [2.24, 2.45) is 0 Å². The van der Waals surface area contributed by atoms with Gasteiger partial charge in [0.25, 0.3) is 0 Å². The zero-order valence-electron chi connectivity index (χ0n) is 21.3. The van der Waals surface area contributed by atoms with Crippen LogP contribution in [0.4, 0.5) is 0 Å². The third-order valence-electron chi connectivity index (χ3n) is 6.37. The Morgan fingerprint density at radius 3 is 2.38 bits per heavy atom. The first kappa shape index (κ1) is 27.8. The maximum atomic E-state index is 12.9. The molecule has 188 valence electrons. The largest absolute Gasteiger partial charge is 0.497 e. The molecule has 0 amide bonds. The van der Waals surface area contributed by atoms with Crippen molar-refractivity contribution in [3.63, 3.8) is 0 Å². The Morgan fingerprint density at radius 1 is 1.03 bits per heavy atom. The molecule has 2 atom stereocenters. The van der Waals surface area contributed by atoms with Gasteiger partial charge >= 0.3 is 5.97 Å². The molecule has 34 heavy (non-hydrogen) atoms. The molecule has 1 aliphatic carbocycles. The van der Waals surface area contributed by atoms with Crippen LogP contribution in [0.5, 0.6) is 0 Å². The second-order valence-corrected chi connectivity index (χ2v) is 9.53. The van der Waals surface area contributed by atoms with Crippen molar-refractivity contribution in [2.75, 3.05) is 0 Å². The standard InChI is InChI=1S/C29H42O5/c1-4-5-6-7-8-9-10-11-12-13-14-15-16-17-18-19-27(31)34-29(3)26(30)21-24-20-23(2)33-22-25(24)28(29)32/h8-9,11-12,21-23H,4-7,10,13-20H2,1-3H3/b9-8+,12-11+. The molecule has 1 aliphatic heterocycles. The predicted molar refractivity (Wildman–Crippen MR) is 135 cm³/mol. The van der Waals surface area contributed by atoms with Crippen LogP contribution in [0.15, 0.2) is 47.8 Å². The molecule has 0 fully saturated rings. The zero-order chi connectivity index (χ0) is 24.8. The number of hydrogen-bond donors (Lipinski definition) is 0. The average Bonchev–Trinajstić information content (AvgIpc) is 2.80. The van der Waals surface area contributed by atoms with E-state index in [1.54, 1.807) is 0 Å². The van der Waals surface area contributed by atoms with Gasteiger partial charge in [-0.1, -0.05) is 63.3 Å². The monoisotopic (exact) mass is 470 g/mol. The second-order valence-electron chi connectivity index (χ2n) is 9.53. The fourth-order valence-corrected chi connectivity index (χ4v) is 4.18. The van der Waals surface area contributed by atoms with Crippen molar-refractivity contribution in [2.45, 2.75) is 116 Å². The number of ether oxygens (including phenoxy) is 2. The maximum Gasteiger partial charge on any atom is 0.307 e. The Labute approximate surface area is 205 Å². The highest BCUT2D eigenvalue weighted by atomic mass is 16.6. The molecule has 0 saturated heterocycles. The summed E-state index contributed by atoms with van der Waals surface area (Å²) < 4.78 is 10.8. The highest BCUT2D eigenvalue weighted by Crippen LogP contribution is 2.34. The van der Waals surface area contributed by atoms with E-state index < -0.39 is 23.1 Å². The molecular weight excluding hydrogens is 428 g/mol. The normalized spacial score (nSPS) is 22.5. The lowest BCUT2D eigenvalue weighted by molar-refractivity contribution is -0.169. The number of carbonyl (C=O) groups excluding carboxylic acids is 3. The van der Waals surface area contributed by atoms with Crippen LogP contribution in [0, 0.1) is 0 Å². The van der Waals surface area contributed by atoms with Crippen molar-refractivity contribution < 1.29 is 23.9 Å². The van der Waals surface area contributed by atoms with E-state index >= 15 is 0 Å². The highest BCUT2D eigenvalue weighted by molar-refractivity contribution is 6.26. The van der Waals surface area contributed by atoms with Crippen molar-refractivity contribution in [3.05, 3.63) is 47.8 Å². The number of hydrogen-bond acceptors (Lipinski definition) is 5. The Morgan fingerprint density at radius 2 is 1.68 bits per heavy atom. The minimum absolute atomic E-state index is 0.0826. The van der Waals surface area contributed by atoms with Gasteiger partial charge < -0.3 is 9.47 Å². The van der Waals surface area contributed by atoms with E-state index in [-0.39, 0.29) is 12.5 Å². The zero-order valence-corrected chi connectivity index (χ0v) is 21.3. The van der Waals surface area contributed by atoms with Crippen molar-refractivity contribution in [1.82, 2.24) is 0 Å². The third kappa shape index (κ3) is 8.73. The van der Waals surface area contributed by atoms with Crippen LogP contribution in [0.1, 0.15) is 104 Å². The molecule has 5 nitrogen and oxygen atoms in total. The highest BCUT2D eigenvalue weighted by Gasteiger charge is 2.49. The Balaban J connectivity index is 1.58. The van der Waals surface area contributed by atoms with E-state index in [9.17, 15) is 14.4 Å². The summed E-state index contributed by atoms with van der Waals surface area (Å²) in [6, 6.07) is 0. The van der Waals surface area contributed by atoms with Gasteiger partial charge in [-0.05, 0) is 64.0 Å². The van der Waals surface area contributed by atoms with E-state index in [0.717, 1.165) is 38.5 Å². The van der Waals surface area contributed by atoms with Gasteiger partial charge in [-0.25, -0.2) is 0 Å². The molecule has 2 aliphatic rings. The molecular formula is C29H42O5. The number of fused-ring (bicyclic) bond motifs is 1. The lowest BCUT2D eigenvalue weighted by atomic mass is 9.79. The lowest BCUT2D eigenvalue weighted by Gasteiger charge is -2.33. The van der Waals surface area contributed by atoms with Gasteiger partial charge in [0.15, 0.2) is 0 Å². The lowest BCUT2D eigenvalue weighted by Crippen LogP contribution is -2.51. The molecule has 0 radical (unpaired) electrons. The van der Waals surface area contributed by atoms with Crippen molar-refractivity contribution >= 4 is 17.5 Å². The van der Waals surface area contributed by atoms with E-state index in [2.05, 4.69) is 31.2 Å². The summed E-state index contributed by atoms with van der Waals surface area (Å²) in [5.74, 6) is -1.46. The average molecular weight is 471 g/mol. The van der Waals surface area contributed by atoms with Gasteiger partial charge in [0.05, 0.1) is 17.9 Å². The van der Waals surface area contributed by atoms with E-state index in [1.807, 2.05) is 6.92 Å². The molecule has 2 rings (SSSR count). The summed E-state index contributed by atoms with van der Waals surface area (Å²) in [5.41, 5.74) is -0.783. The van der Waals surface area contributed by atoms with Gasteiger partial charge in [0.1, 0.15) is 0 Å². The van der Waals surface area contributed by atoms with Gasteiger partial charge in [0, 0.05) is 12.8 Å². The van der Waals surface area contributed by atoms with Gasteiger partial charge in [0.2, 0.25) is 17.2 Å². The Bertz CT molecular complexity index is 816. The smallest absolute Gasteiger partial charge is 0.307 e. The number of allylic oxidation sites excluding steroid dienone is 4. The molecule has 0 N–H and O–H groups in total. The first-order valence-electron chi connectivity index (χ1n) is 13.1. The quantitative estimate of drug-likeness (QED) is 0.113. The number of esters is 1. The van der Waals surface area contributed by atoms with E-state index in [0.29, 0.717) is 24.0 Å². The van der Waals surface area contributed by atoms with Gasteiger partial charge in [-0.15, -0.1) is 0 Å². The van der Waals surface area contributed by atoms with Crippen LogP contribution in [0.25, 0.3) is 0 Å². The number of unbranched alkanes of at least 4 members (excludes halogenated alkanes) is 8. The molecule has 0 saturated carbocycles. The molecule has 0 bridgehead atoms. The summed E-state index contributed by atoms with van der Waals surface area (Å²) in [5, 5.41) is 0. The van der Waals surface area contributed by atoms with Crippen LogP contribution in [0.3, 0.4) is 0 Å². The van der Waals surface area contributed by atoms with Crippen LogP contribution in [0.2, 0.25) is 0 Å². The fraction of sp³-hybridized carbons (Fsp3) is 0.621. The van der Waals surface area contributed by atoms with Crippen LogP contribution in [-0.4, -0.2) is 29.2 Å². The summed E-state index contributed by atoms with van der Waals surface area (Å²) in [7, 11) is 0. The molecule has 1 heterocycles. The molecule has 0 aromatic heterocycles. The number of carbonyl (C=O) groups is 3. The number of ketones is 2. The number of rotatable bonds is 15. The molecule has 5 heteroatoms. The summed E-state index contributed by atoms with van der Waals surface area (Å²) in [4.78, 5) is 37.8. The first-order chi connectivity index (χ1) is 16.4. The Hall–Kier alpha value is -2.43. The summed E-state index contributed by atoms with van der Waals surface area (Å²) in [6.07, 6.45) is 24.6. The number of Topliss-reactive ketones (excluding diaryl/α,β-unsaturated/α-hetero) is 1. The van der Waals surface area contributed by atoms with Gasteiger partial charge in [-0.3, -0.25) is 14.4 Å². The Kier molecular flexibility index (Phi) is 12.1. The minimum Gasteiger partial charge on any atom is -0.497 e. The summed E-state index contributed by atoms with van der Waals surface area (Å²) in [6.45, 7) is 5.49. The van der Waals surface area contributed by atoms with E-state index in [1.165, 1.54) is 44.9 Å². The van der Waals surface area contributed by atoms with Crippen molar-refractivity contribution in [1.29, 1.82) is 0 Å². The fourth-order valence-electron chi connectivity index (χ4n) is 4.18. The second kappa shape index (κ2) is 14.7. The van der Waals surface area contributed by atoms with E-state index in [4.69, 9.17) is 9.47 Å². The topological polar surface area (TPSA) is 69.7 Å². The predicted octanol–water partition coefficient (Wildman–Crippen LogP) is 6.87. The molecule has 2 unspecified atom stereocenters. The SMILES string of the molecule is CCCCC/C=C/C/C=C/CCCCCCCC(=O)OC1(C)C(=O)C=C2CC(C)OC=C2C1=O. The van der Waals surface area contributed by atoms with Crippen LogP contribution < -0.4 is 0 Å².